The van der Waals surface area contributed by atoms with Crippen molar-refractivity contribution in [3.63, 3.8) is 0 Å². The van der Waals surface area contributed by atoms with Crippen LogP contribution in [0.4, 0.5) is 0 Å². The van der Waals surface area contributed by atoms with Gasteiger partial charge in [-0.2, -0.15) is 10.2 Å². The highest BCUT2D eigenvalue weighted by Gasteiger charge is 2.52. The highest BCUT2D eigenvalue weighted by Crippen LogP contribution is 2.38. The van der Waals surface area contributed by atoms with Crippen molar-refractivity contribution in [1.29, 1.82) is 0 Å². The number of hydrogen-bond acceptors (Lipinski definition) is 3. The molecule has 1 aliphatic rings. The van der Waals surface area contributed by atoms with Crippen molar-refractivity contribution in [3.05, 3.63) is 60.7 Å². The Kier molecular flexibility index (Phi) is 4.21. The van der Waals surface area contributed by atoms with Crippen LogP contribution in [-0.4, -0.2) is 20.6 Å². The average molecular weight is 326 g/mol. The van der Waals surface area contributed by atoms with Crippen LogP contribution in [0.3, 0.4) is 0 Å². The smallest absolute Gasteiger partial charge is 0.261 e. The van der Waals surface area contributed by atoms with Crippen molar-refractivity contribution in [2.24, 2.45) is 10.2 Å². The highest BCUT2D eigenvalue weighted by atomic mass is 28.4. The number of benzene rings is 2. The van der Waals surface area contributed by atoms with Crippen LogP contribution in [-0.2, 0) is 4.43 Å². The van der Waals surface area contributed by atoms with Crippen LogP contribution >= 0.6 is 0 Å². The average Bonchev–Trinajstić information content (AvgIpc) is 3.38. The molecule has 120 valence electrons. The first-order valence-corrected chi connectivity index (χ1v) is 10.0. The van der Waals surface area contributed by atoms with Crippen LogP contribution in [0, 0.1) is 0 Å². The molecule has 0 aromatic heterocycles. The van der Waals surface area contributed by atoms with Crippen LogP contribution in [0.25, 0.3) is 0 Å². The Morgan fingerprint density at radius 3 is 1.65 bits per heavy atom. The SMILES string of the molecule is CC(O[Si](c1ccccc1)(c1ccccc1)C(C)(C)C)C1[15N]=[15N]1. The molecule has 3 nitrogen and oxygen atoms in total. The van der Waals surface area contributed by atoms with Crippen molar-refractivity contribution in [2.75, 3.05) is 0 Å². The maximum Gasteiger partial charge on any atom is 0.261 e. The third-order valence-corrected chi connectivity index (χ3v) is 9.58. The molecule has 0 N–H and O–H groups in total. The first-order valence-electron chi connectivity index (χ1n) is 8.14. The van der Waals surface area contributed by atoms with Crippen molar-refractivity contribution >= 4 is 18.7 Å². The van der Waals surface area contributed by atoms with Crippen LogP contribution in [0.15, 0.2) is 70.9 Å². The third kappa shape index (κ3) is 3.01. The van der Waals surface area contributed by atoms with Crippen molar-refractivity contribution in [1.82, 2.24) is 0 Å². The molecular weight excluding hydrogens is 302 g/mol. The summed E-state index contributed by atoms with van der Waals surface area (Å²) in [5, 5.41) is 10.7. The van der Waals surface area contributed by atoms with Gasteiger partial charge in [-0.15, -0.1) is 0 Å². The van der Waals surface area contributed by atoms with Crippen molar-refractivity contribution in [3.8, 4) is 0 Å². The van der Waals surface area contributed by atoms with Gasteiger partial charge in [-0.25, -0.2) is 0 Å². The Balaban J connectivity index is 2.16. The van der Waals surface area contributed by atoms with Gasteiger partial charge in [0, 0.05) is 0 Å². The van der Waals surface area contributed by atoms with Gasteiger partial charge in [0.15, 0.2) is 0 Å². The zero-order chi connectivity index (χ0) is 16.5. The first kappa shape index (κ1) is 16.1. The molecule has 0 radical (unpaired) electrons. The minimum Gasteiger partial charge on any atom is -0.400 e. The molecule has 0 saturated carbocycles. The number of nitrogens with zero attached hydrogens (tertiary/aromatic N) is 2. The van der Waals surface area contributed by atoms with Crippen molar-refractivity contribution < 1.29 is 4.43 Å². The predicted octanol–water partition coefficient (Wildman–Crippen LogP) is 3.74. The van der Waals surface area contributed by atoms with E-state index in [0.717, 1.165) is 0 Å². The maximum absolute atomic E-state index is 6.85. The summed E-state index contributed by atoms with van der Waals surface area (Å²) in [4.78, 5) is 0. The minimum absolute atomic E-state index is 0.00113. The molecule has 1 heterocycles. The van der Waals surface area contributed by atoms with E-state index in [4.69, 9.17) is 4.43 Å². The summed E-state index contributed by atoms with van der Waals surface area (Å²) in [5.74, 6) is 0. The molecule has 1 aliphatic heterocycles. The molecule has 0 bridgehead atoms. The number of rotatable bonds is 5. The highest BCUT2D eigenvalue weighted by molar-refractivity contribution is 6.99. The van der Waals surface area contributed by atoms with Gasteiger partial charge in [-0.1, -0.05) is 81.4 Å². The third-order valence-electron chi connectivity index (χ3n) is 4.45. The Hall–Kier alpha value is -1.78. The molecule has 0 saturated heterocycles. The van der Waals surface area contributed by atoms with E-state index in [1.807, 2.05) is 0 Å². The van der Waals surface area contributed by atoms with E-state index in [1.54, 1.807) is 0 Å². The Labute approximate surface area is 139 Å². The summed E-state index contributed by atoms with van der Waals surface area (Å²) in [6.07, 6.45) is -0.00189. The zero-order valence-corrected chi connectivity index (χ0v) is 15.2. The lowest BCUT2D eigenvalue weighted by Crippen LogP contribution is -2.67. The maximum atomic E-state index is 6.85. The quantitative estimate of drug-likeness (QED) is 0.609. The molecule has 0 spiro atoms. The molecule has 2 aromatic carbocycles. The van der Waals surface area contributed by atoms with Gasteiger partial charge in [0.1, 0.15) is 0 Å². The van der Waals surface area contributed by atoms with Gasteiger partial charge in [0.05, 0.1) is 6.10 Å². The van der Waals surface area contributed by atoms with E-state index in [0.29, 0.717) is 0 Å². The van der Waals surface area contributed by atoms with Crippen molar-refractivity contribution in [2.45, 2.75) is 45.0 Å². The second-order valence-corrected chi connectivity index (χ2v) is 11.4. The van der Waals surface area contributed by atoms with Gasteiger partial charge in [0.25, 0.3) is 8.32 Å². The minimum atomic E-state index is -2.46. The second kappa shape index (κ2) is 6.02. The molecule has 3 rings (SSSR count). The fourth-order valence-corrected chi connectivity index (χ4v) is 7.95. The van der Waals surface area contributed by atoms with Gasteiger partial charge in [-0.05, 0) is 22.3 Å². The van der Waals surface area contributed by atoms with E-state index in [9.17, 15) is 0 Å². The summed E-state index contributed by atoms with van der Waals surface area (Å²) in [7, 11) is -2.46. The molecule has 1 atom stereocenters. The van der Waals surface area contributed by atoms with E-state index in [2.05, 4.69) is 98.6 Å². The lowest BCUT2D eigenvalue weighted by Gasteiger charge is -2.44. The monoisotopic (exact) mass is 326 g/mol. The normalized spacial score (nSPS) is 16.3. The topological polar surface area (TPSA) is 34.0 Å². The fraction of sp³-hybridized carbons (Fsp3) is 0.368. The van der Waals surface area contributed by atoms with Crippen LogP contribution in [0.5, 0.6) is 0 Å². The Morgan fingerprint density at radius 1 is 0.870 bits per heavy atom. The molecule has 1 unspecified atom stereocenters. The lowest BCUT2D eigenvalue weighted by molar-refractivity contribution is 0.201. The molecule has 0 aliphatic carbocycles. The van der Waals surface area contributed by atoms with E-state index < -0.39 is 8.32 Å². The Morgan fingerprint density at radius 2 is 1.30 bits per heavy atom. The molecule has 23 heavy (non-hydrogen) atoms. The van der Waals surface area contributed by atoms with Gasteiger partial charge >= 0.3 is 0 Å². The van der Waals surface area contributed by atoms with Crippen LogP contribution < -0.4 is 10.4 Å². The molecule has 2 aromatic rings. The standard InChI is InChI=1S/C19H24N2OSi/c1-15(18-20-21-18)22-23(19(2,3)4,16-11-7-5-8-12-16)17-13-9-6-10-14-17/h5-15,18H,1-4H3/i20+1,21+1. The fourth-order valence-electron chi connectivity index (χ4n) is 3.26. The Bertz CT molecular complexity index is 634. The van der Waals surface area contributed by atoms with Crippen LogP contribution in [0.1, 0.15) is 27.7 Å². The number of hydrogen-bond donors (Lipinski definition) is 0. The molecule has 0 fully saturated rings. The zero-order valence-electron chi connectivity index (χ0n) is 14.2. The summed E-state index contributed by atoms with van der Waals surface area (Å²) >= 11 is 0. The molecular formula is C19H24N2OSi. The summed E-state index contributed by atoms with van der Waals surface area (Å²) in [6.45, 7) is 8.94. The van der Waals surface area contributed by atoms with Gasteiger partial charge in [-0.3, -0.25) is 0 Å². The predicted molar refractivity (Wildman–Crippen MR) is 96.8 cm³/mol. The summed E-state index contributed by atoms with van der Waals surface area (Å²) in [5.41, 5.74) is 0. The van der Waals surface area contributed by atoms with Gasteiger partial charge in [0.2, 0.25) is 6.17 Å². The van der Waals surface area contributed by atoms with E-state index >= 15 is 0 Å². The second-order valence-electron chi connectivity index (χ2n) is 7.13. The van der Waals surface area contributed by atoms with E-state index in [-0.39, 0.29) is 17.3 Å². The molecule has 0 amide bonds. The van der Waals surface area contributed by atoms with Crippen LogP contribution in [0.2, 0.25) is 5.04 Å². The van der Waals surface area contributed by atoms with Gasteiger partial charge < -0.3 is 4.43 Å². The lowest BCUT2D eigenvalue weighted by atomic mass is 10.2. The first-order chi connectivity index (χ1) is 10.9. The van der Waals surface area contributed by atoms with E-state index in [1.165, 1.54) is 10.4 Å². The summed E-state index contributed by atoms with van der Waals surface area (Å²) in [6, 6.07) is 21.4. The molecule has 4 heteroatoms. The summed E-state index contributed by atoms with van der Waals surface area (Å²) < 4.78 is 6.85. The largest absolute Gasteiger partial charge is 0.400 e.